The molecule has 4 rings (SSSR count). The lowest BCUT2D eigenvalue weighted by Gasteiger charge is -2.37. The van der Waals surface area contributed by atoms with Crippen LogP contribution in [0.25, 0.3) is 10.2 Å². The van der Waals surface area contributed by atoms with Crippen molar-refractivity contribution in [3.63, 3.8) is 0 Å². The van der Waals surface area contributed by atoms with Crippen molar-refractivity contribution in [3.05, 3.63) is 47.7 Å². The first-order chi connectivity index (χ1) is 11.3. The predicted molar refractivity (Wildman–Crippen MR) is 93.9 cm³/mol. The monoisotopic (exact) mass is 325 g/mol. The molecule has 3 aromatic rings. The van der Waals surface area contributed by atoms with Gasteiger partial charge in [0, 0.05) is 38.6 Å². The number of rotatable bonds is 3. The Morgan fingerprint density at radius 3 is 2.48 bits per heavy atom. The van der Waals surface area contributed by atoms with Crippen molar-refractivity contribution in [2.24, 2.45) is 0 Å². The highest BCUT2D eigenvalue weighted by atomic mass is 32.1. The summed E-state index contributed by atoms with van der Waals surface area (Å²) in [6.45, 7) is 6.19. The van der Waals surface area contributed by atoms with Crippen LogP contribution < -0.4 is 4.90 Å². The van der Waals surface area contributed by atoms with Gasteiger partial charge in [0.05, 0.1) is 16.3 Å². The van der Waals surface area contributed by atoms with Crippen molar-refractivity contribution < 1.29 is 0 Å². The largest absolute Gasteiger partial charge is 0.338 e. The molecule has 5 nitrogen and oxygen atoms in total. The molecule has 1 aliphatic rings. The lowest BCUT2D eigenvalue weighted by molar-refractivity contribution is 0.197. The molecule has 6 heteroatoms. The summed E-state index contributed by atoms with van der Waals surface area (Å²) in [5.74, 6) is 0.833. The van der Waals surface area contributed by atoms with E-state index in [-0.39, 0.29) is 0 Å². The molecule has 0 bridgehead atoms. The Hall–Kier alpha value is -2.05. The summed E-state index contributed by atoms with van der Waals surface area (Å²) in [5, 5.41) is 1.20. The van der Waals surface area contributed by atoms with Crippen LogP contribution >= 0.6 is 11.3 Å². The van der Waals surface area contributed by atoms with E-state index in [4.69, 9.17) is 4.98 Å². The summed E-state index contributed by atoms with van der Waals surface area (Å²) < 4.78 is 1.27. The summed E-state index contributed by atoms with van der Waals surface area (Å²) in [5.41, 5.74) is 1.11. The van der Waals surface area contributed by atoms with Crippen LogP contribution in [-0.4, -0.2) is 46.0 Å². The molecule has 1 saturated heterocycles. The third kappa shape index (κ3) is 2.92. The summed E-state index contributed by atoms with van der Waals surface area (Å²) in [7, 11) is 0. The quantitative estimate of drug-likeness (QED) is 0.741. The molecule has 0 unspecified atom stereocenters. The number of hydrogen-bond donors (Lipinski definition) is 0. The van der Waals surface area contributed by atoms with Gasteiger partial charge in [0.15, 0.2) is 0 Å². The molecule has 1 aromatic carbocycles. The lowest BCUT2D eigenvalue weighted by Crippen LogP contribution is -2.47. The van der Waals surface area contributed by atoms with E-state index in [2.05, 4.69) is 51.0 Å². The van der Waals surface area contributed by atoms with Gasteiger partial charge in [0.2, 0.25) is 5.95 Å². The van der Waals surface area contributed by atoms with Crippen molar-refractivity contribution in [1.29, 1.82) is 0 Å². The van der Waals surface area contributed by atoms with Crippen LogP contribution in [0.5, 0.6) is 0 Å². The van der Waals surface area contributed by atoms with Crippen LogP contribution in [0.4, 0.5) is 5.95 Å². The van der Waals surface area contributed by atoms with Gasteiger partial charge in [0.25, 0.3) is 0 Å². The van der Waals surface area contributed by atoms with Gasteiger partial charge in [-0.05, 0) is 25.1 Å². The molecular formula is C17H19N5S. The number of aromatic nitrogens is 3. The highest BCUT2D eigenvalue weighted by Crippen LogP contribution is 2.30. The Morgan fingerprint density at radius 1 is 1.00 bits per heavy atom. The number of hydrogen-bond acceptors (Lipinski definition) is 6. The Balaban J connectivity index is 1.45. The van der Waals surface area contributed by atoms with E-state index in [0.717, 1.165) is 37.6 Å². The van der Waals surface area contributed by atoms with Crippen molar-refractivity contribution >= 4 is 27.5 Å². The molecule has 1 aliphatic heterocycles. The van der Waals surface area contributed by atoms with Gasteiger partial charge in [0.1, 0.15) is 5.01 Å². The van der Waals surface area contributed by atoms with Crippen LogP contribution in [0, 0.1) is 0 Å². The number of anilines is 1. The van der Waals surface area contributed by atoms with Gasteiger partial charge in [-0.2, -0.15) is 0 Å². The molecule has 118 valence electrons. The van der Waals surface area contributed by atoms with Crippen molar-refractivity contribution in [3.8, 4) is 0 Å². The zero-order valence-electron chi connectivity index (χ0n) is 13.1. The first-order valence-electron chi connectivity index (χ1n) is 7.93. The maximum atomic E-state index is 4.80. The number of thiazole rings is 1. The molecule has 0 amide bonds. The average Bonchev–Trinajstić information content (AvgIpc) is 3.06. The minimum absolute atomic E-state index is 0.353. The molecule has 0 radical (unpaired) electrons. The average molecular weight is 325 g/mol. The Kier molecular flexibility index (Phi) is 3.93. The molecule has 23 heavy (non-hydrogen) atoms. The highest BCUT2D eigenvalue weighted by Gasteiger charge is 2.25. The predicted octanol–water partition coefficient (Wildman–Crippen LogP) is 2.97. The normalized spacial score (nSPS) is 17.5. The maximum Gasteiger partial charge on any atom is 0.225 e. The zero-order chi connectivity index (χ0) is 15.6. The topological polar surface area (TPSA) is 45.2 Å². The van der Waals surface area contributed by atoms with E-state index in [0.29, 0.717) is 6.04 Å². The summed E-state index contributed by atoms with van der Waals surface area (Å²) >= 11 is 1.81. The molecule has 2 aromatic heterocycles. The van der Waals surface area contributed by atoms with E-state index >= 15 is 0 Å². The van der Waals surface area contributed by atoms with Gasteiger partial charge in [-0.25, -0.2) is 15.0 Å². The van der Waals surface area contributed by atoms with Gasteiger partial charge in [-0.1, -0.05) is 12.1 Å². The second-order valence-electron chi connectivity index (χ2n) is 5.77. The maximum absolute atomic E-state index is 4.80. The first kappa shape index (κ1) is 14.5. The number of fused-ring (bicyclic) bond motifs is 1. The van der Waals surface area contributed by atoms with Crippen LogP contribution in [-0.2, 0) is 0 Å². The van der Waals surface area contributed by atoms with E-state index < -0.39 is 0 Å². The Bertz CT molecular complexity index is 747. The van der Waals surface area contributed by atoms with E-state index in [1.807, 2.05) is 6.07 Å². The second kappa shape index (κ2) is 6.22. The van der Waals surface area contributed by atoms with Crippen molar-refractivity contribution in [1.82, 2.24) is 19.9 Å². The highest BCUT2D eigenvalue weighted by molar-refractivity contribution is 7.18. The number of benzene rings is 1. The fourth-order valence-electron chi connectivity index (χ4n) is 2.99. The van der Waals surface area contributed by atoms with E-state index in [9.17, 15) is 0 Å². The molecule has 3 heterocycles. The second-order valence-corrected chi connectivity index (χ2v) is 6.83. The molecular weight excluding hydrogens is 306 g/mol. The van der Waals surface area contributed by atoms with Crippen LogP contribution in [0.3, 0.4) is 0 Å². The minimum atomic E-state index is 0.353. The summed E-state index contributed by atoms with van der Waals surface area (Å²) in [6, 6.07) is 10.6. The van der Waals surface area contributed by atoms with Crippen molar-refractivity contribution in [2.75, 3.05) is 31.1 Å². The number of piperazine rings is 1. The van der Waals surface area contributed by atoms with Crippen molar-refractivity contribution in [2.45, 2.75) is 13.0 Å². The van der Waals surface area contributed by atoms with E-state index in [1.165, 1.54) is 9.71 Å². The van der Waals surface area contributed by atoms with Gasteiger partial charge in [-0.15, -0.1) is 11.3 Å². The van der Waals surface area contributed by atoms with E-state index in [1.54, 1.807) is 23.7 Å². The van der Waals surface area contributed by atoms with Gasteiger partial charge in [-0.3, -0.25) is 4.90 Å². The Labute approximate surface area is 139 Å². The lowest BCUT2D eigenvalue weighted by atomic mass is 10.2. The molecule has 1 fully saturated rings. The summed E-state index contributed by atoms with van der Waals surface area (Å²) in [6.07, 6.45) is 3.61. The SMILES string of the molecule is C[C@@H](c1nc2ccccc2s1)N1CCN(c2ncccn2)CC1. The number of nitrogens with zero attached hydrogens (tertiary/aromatic N) is 5. The summed E-state index contributed by atoms with van der Waals surface area (Å²) in [4.78, 5) is 18.2. The Morgan fingerprint density at radius 2 is 1.74 bits per heavy atom. The van der Waals surface area contributed by atoms with Gasteiger partial charge >= 0.3 is 0 Å². The van der Waals surface area contributed by atoms with Gasteiger partial charge < -0.3 is 4.90 Å². The van der Waals surface area contributed by atoms with Crippen LogP contribution in [0.15, 0.2) is 42.7 Å². The molecule has 0 saturated carbocycles. The third-order valence-electron chi connectivity index (χ3n) is 4.36. The molecule has 0 spiro atoms. The molecule has 0 aliphatic carbocycles. The fourth-order valence-corrected chi connectivity index (χ4v) is 4.04. The number of para-hydroxylation sites is 1. The molecule has 0 N–H and O–H groups in total. The zero-order valence-corrected chi connectivity index (χ0v) is 13.9. The fraction of sp³-hybridized carbons (Fsp3) is 0.353. The van der Waals surface area contributed by atoms with Crippen LogP contribution in [0.1, 0.15) is 18.0 Å². The minimum Gasteiger partial charge on any atom is -0.338 e. The third-order valence-corrected chi connectivity index (χ3v) is 5.57. The molecule has 1 atom stereocenters. The smallest absolute Gasteiger partial charge is 0.225 e. The first-order valence-corrected chi connectivity index (χ1v) is 8.74. The standard InChI is InChI=1S/C17H19N5S/c1-13(16-20-14-5-2-3-6-15(14)23-16)21-9-11-22(12-10-21)17-18-7-4-8-19-17/h2-8,13H,9-12H2,1H3/t13-/m0/s1. The van der Waals surface area contributed by atoms with Crippen LogP contribution in [0.2, 0.25) is 0 Å².